The number of carbonyl (C=O) groups is 1. The van der Waals surface area contributed by atoms with E-state index >= 15 is 0 Å². The maximum Gasteiger partial charge on any atom is 0.306 e. The van der Waals surface area contributed by atoms with Crippen LogP contribution in [0.1, 0.15) is 6.42 Å². The average Bonchev–Trinajstić information content (AvgIpc) is 2.34. The van der Waals surface area contributed by atoms with Crippen molar-refractivity contribution >= 4 is 33.6 Å². The predicted octanol–water partition coefficient (Wildman–Crippen LogP) is 0.887. The Morgan fingerprint density at radius 1 is 1.53 bits per heavy atom. The molecule has 0 unspecified atom stereocenters. The van der Waals surface area contributed by atoms with Gasteiger partial charge < -0.3 is 4.74 Å². The first-order valence-corrected chi connectivity index (χ1v) is 7.10. The van der Waals surface area contributed by atoms with E-state index in [2.05, 4.69) is 14.4 Å². The second-order valence-electron chi connectivity index (χ2n) is 3.60. The highest BCUT2D eigenvalue weighted by molar-refractivity contribution is 7.90. The summed E-state index contributed by atoms with van der Waals surface area (Å²) in [5.41, 5.74) is 0. The summed E-state index contributed by atoms with van der Waals surface area (Å²) in [5.74, 6) is -0.375. The van der Waals surface area contributed by atoms with Gasteiger partial charge in [0.1, 0.15) is 11.0 Å². The number of halogens is 1. The van der Waals surface area contributed by atoms with Crippen molar-refractivity contribution in [2.75, 3.05) is 25.4 Å². The van der Waals surface area contributed by atoms with Crippen molar-refractivity contribution in [2.24, 2.45) is 0 Å². The van der Waals surface area contributed by atoms with Crippen molar-refractivity contribution in [1.82, 2.24) is 9.29 Å². The van der Waals surface area contributed by atoms with Crippen molar-refractivity contribution in [3.05, 3.63) is 23.4 Å². The minimum absolute atomic E-state index is 0.00255. The van der Waals surface area contributed by atoms with Gasteiger partial charge in [0.05, 0.1) is 13.5 Å². The molecule has 1 aromatic heterocycles. The number of methoxy groups -OCH3 is 1. The Bertz CT molecular complexity index is 549. The molecular weight excluding hydrogens is 294 g/mol. The van der Waals surface area contributed by atoms with E-state index in [1.54, 1.807) is 6.07 Å². The maximum atomic E-state index is 11.9. The molecule has 0 aromatic carbocycles. The van der Waals surface area contributed by atoms with Crippen molar-refractivity contribution in [3.63, 3.8) is 0 Å². The maximum absolute atomic E-state index is 11.9. The molecule has 1 N–H and O–H groups in total. The standard InChI is InChI=1S/C10H14ClN3O4S/c1-14(7-6-10(15)18-2)19(16,17)13-9-5-3-4-8(11)12-9/h3-5H,6-7H2,1-2H3,(H,12,13). The van der Waals surface area contributed by atoms with Gasteiger partial charge in [-0.1, -0.05) is 17.7 Å². The van der Waals surface area contributed by atoms with Crippen molar-refractivity contribution in [1.29, 1.82) is 0 Å². The molecule has 0 atom stereocenters. The number of anilines is 1. The van der Waals surface area contributed by atoms with Gasteiger partial charge >= 0.3 is 16.2 Å². The van der Waals surface area contributed by atoms with Gasteiger partial charge in [-0.2, -0.15) is 12.7 Å². The summed E-state index contributed by atoms with van der Waals surface area (Å²) >= 11 is 5.65. The average molecular weight is 308 g/mol. The summed E-state index contributed by atoms with van der Waals surface area (Å²) in [5, 5.41) is 0.178. The minimum Gasteiger partial charge on any atom is -0.469 e. The van der Waals surface area contributed by atoms with E-state index in [4.69, 9.17) is 11.6 Å². The summed E-state index contributed by atoms with van der Waals surface area (Å²) in [6.45, 7) is 0.00255. The molecule has 0 aliphatic carbocycles. The molecule has 0 bridgehead atoms. The first-order valence-electron chi connectivity index (χ1n) is 5.28. The zero-order valence-corrected chi connectivity index (χ0v) is 12.0. The Labute approximate surface area is 116 Å². The van der Waals surface area contributed by atoms with Gasteiger partial charge in [-0.15, -0.1) is 0 Å². The minimum atomic E-state index is -3.78. The van der Waals surface area contributed by atoms with Crippen LogP contribution in [-0.4, -0.2) is 44.4 Å². The molecule has 0 aliphatic heterocycles. The monoisotopic (exact) mass is 307 g/mol. The number of hydrogen-bond acceptors (Lipinski definition) is 5. The van der Waals surface area contributed by atoms with Gasteiger partial charge in [0.25, 0.3) is 0 Å². The van der Waals surface area contributed by atoms with Crippen LogP contribution in [0, 0.1) is 0 Å². The molecule has 1 rings (SSSR count). The number of aromatic nitrogens is 1. The summed E-state index contributed by atoms with van der Waals surface area (Å²) in [6.07, 6.45) is -0.0309. The largest absolute Gasteiger partial charge is 0.469 e. The van der Waals surface area contributed by atoms with Gasteiger partial charge in [-0.25, -0.2) is 4.98 Å². The predicted molar refractivity (Wildman–Crippen MR) is 71.1 cm³/mol. The third-order valence-corrected chi connectivity index (χ3v) is 3.90. The molecule has 1 heterocycles. The Morgan fingerprint density at radius 2 is 2.21 bits per heavy atom. The lowest BCUT2D eigenvalue weighted by Crippen LogP contribution is -2.34. The quantitative estimate of drug-likeness (QED) is 0.623. The Kier molecular flexibility index (Phi) is 5.52. The van der Waals surface area contributed by atoms with Gasteiger partial charge in [0, 0.05) is 13.6 Å². The van der Waals surface area contributed by atoms with Gasteiger partial charge in [0.2, 0.25) is 0 Å². The van der Waals surface area contributed by atoms with Crippen molar-refractivity contribution < 1.29 is 17.9 Å². The number of rotatable bonds is 6. The highest BCUT2D eigenvalue weighted by Crippen LogP contribution is 2.12. The molecule has 0 amide bonds. The Balaban J connectivity index is 2.67. The number of ether oxygens (including phenoxy) is 1. The highest BCUT2D eigenvalue weighted by atomic mass is 35.5. The van der Waals surface area contributed by atoms with E-state index in [0.717, 1.165) is 4.31 Å². The zero-order chi connectivity index (χ0) is 14.5. The van der Waals surface area contributed by atoms with E-state index in [0.29, 0.717) is 0 Å². The molecule has 1 aromatic rings. The van der Waals surface area contributed by atoms with Crippen LogP contribution in [0.2, 0.25) is 5.15 Å². The fourth-order valence-electron chi connectivity index (χ4n) is 1.15. The van der Waals surface area contributed by atoms with E-state index in [-0.39, 0.29) is 23.9 Å². The highest BCUT2D eigenvalue weighted by Gasteiger charge is 2.19. The normalized spacial score (nSPS) is 11.4. The molecule has 0 aliphatic rings. The van der Waals surface area contributed by atoms with Crippen LogP contribution in [-0.2, 0) is 19.7 Å². The van der Waals surface area contributed by atoms with Crippen molar-refractivity contribution in [2.45, 2.75) is 6.42 Å². The SMILES string of the molecule is COC(=O)CCN(C)S(=O)(=O)Nc1cccc(Cl)n1. The van der Waals surface area contributed by atoms with Gasteiger partial charge in [-0.3, -0.25) is 9.52 Å². The molecular formula is C10H14ClN3O4S. The summed E-state index contributed by atoms with van der Waals surface area (Å²) in [4.78, 5) is 14.8. The van der Waals surface area contributed by atoms with Crippen molar-refractivity contribution in [3.8, 4) is 0 Å². The molecule has 9 heteroatoms. The smallest absolute Gasteiger partial charge is 0.306 e. The first kappa shape index (κ1) is 15.7. The molecule has 0 radical (unpaired) electrons. The number of pyridine rings is 1. The lowest BCUT2D eigenvalue weighted by atomic mass is 10.4. The fourth-order valence-corrected chi connectivity index (χ4v) is 2.18. The van der Waals surface area contributed by atoms with Crippen LogP contribution in [0.15, 0.2) is 18.2 Å². The van der Waals surface area contributed by atoms with Gasteiger partial charge in [-0.05, 0) is 12.1 Å². The Hall–Kier alpha value is -1.38. The second-order valence-corrected chi connectivity index (χ2v) is 5.77. The molecule has 7 nitrogen and oxygen atoms in total. The number of hydrogen-bond donors (Lipinski definition) is 1. The Morgan fingerprint density at radius 3 is 2.79 bits per heavy atom. The number of carbonyl (C=O) groups excluding carboxylic acids is 1. The molecule has 0 saturated carbocycles. The van der Waals surface area contributed by atoms with Crippen LogP contribution < -0.4 is 4.72 Å². The zero-order valence-electron chi connectivity index (χ0n) is 10.5. The van der Waals surface area contributed by atoms with E-state index < -0.39 is 16.2 Å². The van der Waals surface area contributed by atoms with Crippen LogP contribution in [0.3, 0.4) is 0 Å². The molecule has 0 fully saturated rings. The second kappa shape index (κ2) is 6.69. The molecule has 19 heavy (non-hydrogen) atoms. The lowest BCUT2D eigenvalue weighted by Gasteiger charge is -2.17. The van der Waals surface area contributed by atoms with Crippen LogP contribution in [0.5, 0.6) is 0 Å². The molecule has 0 saturated heterocycles. The molecule has 106 valence electrons. The number of esters is 1. The van der Waals surface area contributed by atoms with Crippen LogP contribution in [0.25, 0.3) is 0 Å². The summed E-state index contributed by atoms with van der Waals surface area (Å²) in [6, 6.07) is 4.57. The topological polar surface area (TPSA) is 88.6 Å². The van der Waals surface area contributed by atoms with Crippen LogP contribution >= 0.6 is 11.6 Å². The van der Waals surface area contributed by atoms with E-state index in [1.807, 2.05) is 0 Å². The number of nitrogens with zero attached hydrogens (tertiary/aromatic N) is 2. The van der Waals surface area contributed by atoms with E-state index in [9.17, 15) is 13.2 Å². The lowest BCUT2D eigenvalue weighted by molar-refractivity contribution is -0.140. The molecule has 0 spiro atoms. The summed E-state index contributed by atoms with van der Waals surface area (Å²) in [7, 11) is -1.20. The fraction of sp³-hybridized carbons (Fsp3) is 0.400. The third-order valence-electron chi connectivity index (χ3n) is 2.22. The third kappa shape index (κ3) is 5.01. The number of nitrogens with one attached hydrogen (secondary N) is 1. The summed E-state index contributed by atoms with van der Waals surface area (Å²) < 4.78 is 31.5. The van der Waals surface area contributed by atoms with Gasteiger partial charge in [0.15, 0.2) is 0 Å². The van der Waals surface area contributed by atoms with E-state index in [1.165, 1.54) is 26.3 Å². The first-order chi connectivity index (χ1) is 8.85. The van der Waals surface area contributed by atoms with Crippen LogP contribution in [0.4, 0.5) is 5.82 Å².